The van der Waals surface area contributed by atoms with Crippen LogP contribution >= 0.6 is 7.75 Å². The van der Waals surface area contributed by atoms with Gasteiger partial charge in [0.25, 0.3) is 0 Å². The molecule has 0 aromatic heterocycles. The highest BCUT2D eigenvalue weighted by Crippen LogP contribution is 2.62. The van der Waals surface area contributed by atoms with Crippen LogP contribution in [0, 0.1) is 0 Å². The van der Waals surface area contributed by atoms with Crippen LogP contribution in [0.4, 0.5) is 13.2 Å². The van der Waals surface area contributed by atoms with Crippen LogP contribution in [0.25, 0.3) is 54.9 Å². The first-order valence-electron chi connectivity index (χ1n) is 13.4. The number of alkyl halides is 3. The van der Waals surface area contributed by atoms with Gasteiger partial charge < -0.3 is 9.05 Å². The minimum absolute atomic E-state index is 0.0821. The summed E-state index contributed by atoms with van der Waals surface area (Å²) < 4.78 is 93.2. The first-order valence-corrected chi connectivity index (χ1v) is 16.4. The highest BCUT2D eigenvalue weighted by molar-refractivity contribution is 7.95. The van der Waals surface area contributed by atoms with E-state index in [9.17, 15) is 26.2 Å². The number of hydrogen-bond donors (Lipinski definition) is 1. The Kier molecular flexibility index (Phi) is 6.55. The smallest absolute Gasteiger partial charge is 0.403 e. The third-order valence-corrected chi connectivity index (χ3v) is 10.7. The molecule has 1 aliphatic rings. The molecule has 0 spiro atoms. The molecular weight excluding hydrogens is 610 g/mol. The molecule has 0 atom stereocenters. The summed E-state index contributed by atoms with van der Waals surface area (Å²) in [5, 5.41) is 2.05. The number of sulfonamides is 1. The molecular formula is C33H21F3NO5PS. The summed E-state index contributed by atoms with van der Waals surface area (Å²) in [5.41, 5.74) is -2.30. The van der Waals surface area contributed by atoms with Gasteiger partial charge in [-0.1, -0.05) is 114 Å². The lowest BCUT2D eigenvalue weighted by Crippen LogP contribution is -2.36. The lowest BCUT2D eigenvalue weighted by Gasteiger charge is -2.21. The molecule has 6 aromatic rings. The van der Waals surface area contributed by atoms with E-state index in [1.165, 1.54) is 4.49 Å². The van der Waals surface area contributed by atoms with Gasteiger partial charge in [-0.25, -0.2) is 13.0 Å². The van der Waals surface area contributed by atoms with Crippen LogP contribution in [0.5, 0.6) is 11.5 Å². The summed E-state index contributed by atoms with van der Waals surface area (Å²) >= 11 is 0. The van der Waals surface area contributed by atoms with E-state index in [1.807, 2.05) is 72.8 Å². The molecule has 7 rings (SSSR count). The van der Waals surface area contributed by atoms with Crippen LogP contribution in [0.3, 0.4) is 0 Å². The van der Waals surface area contributed by atoms with Crippen molar-refractivity contribution in [2.24, 2.45) is 0 Å². The Morgan fingerprint density at radius 1 is 0.591 bits per heavy atom. The fourth-order valence-corrected chi connectivity index (χ4v) is 8.29. The molecule has 0 aliphatic carbocycles. The number of fused-ring (bicyclic) bond motifs is 7. The first-order chi connectivity index (χ1) is 21.0. The third kappa shape index (κ3) is 4.72. The summed E-state index contributed by atoms with van der Waals surface area (Å²) in [5.74, 6) is -0.164. The summed E-state index contributed by atoms with van der Waals surface area (Å²) in [4.78, 5) is 0. The molecule has 1 N–H and O–H groups in total. The van der Waals surface area contributed by atoms with Gasteiger partial charge in [-0.2, -0.15) is 13.2 Å². The molecule has 0 fully saturated rings. The van der Waals surface area contributed by atoms with Crippen LogP contribution in [0.1, 0.15) is 0 Å². The van der Waals surface area contributed by atoms with E-state index in [0.29, 0.717) is 43.8 Å². The molecule has 0 unspecified atom stereocenters. The van der Waals surface area contributed by atoms with Crippen molar-refractivity contribution in [3.63, 3.8) is 0 Å². The van der Waals surface area contributed by atoms with Gasteiger partial charge >= 0.3 is 23.3 Å². The molecule has 0 amide bonds. The second-order valence-corrected chi connectivity index (χ2v) is 13.7. The van der Waals surface area contributed by atoms with Gasteiger partial charge in [0, 0.05) is 21.9 Å². The quantitative estimate of drug-likeness (QED) is 0.196. The van der Waals surface area contributed by atoms with Gasteiger partial charge in [0.1, 0.15) is 11.5 Å². The van der Waals surface area contributed by atoms with E-state index >= 15 is 0 Å². The number of rotatable bonds is 4. The average molecular weight is 632 g/mol. The summed E-state index contributed by atoms with van der Waals surface area (Å²) in [6.45, 7) is 0. The number of nitrogens with one attached hydrogen (secondary N) is 1. The standard InChI is InChI=1S/C33H21F3NO5PS/c34-33(35,36)44(39,40)37-43(38)41-31-25-17-9-7-15-23(25)19-27(21-11-3-1-4-12-21)29(31)30-28(22-13-5-2-6-14-22)20-24-16-8-10-18-26(24)32(30)42-43/h1-20H,(H,37,38). The highest BCUT2D eigenvalue weighted by atomic mass is 32.2. The Balaban J connectivity index is 1.69. The third-order valence-electron chi connectivity index (χ3n) is 7.38. The Labute approximate surface area is 250 Å². The van der Waals surface area contributed by atoms with Gasteiger partial charge in [0.2, 0.25) is 0 Å². The van der Waals surface area contributed by atoms with E-state index in [0.717, 1.165) is 11.1 Å². The average Bonchev–Trinajstić information content (AvgIpc) is 3.14. The molecule has 44 heavy (non-hydrogen) atoms. The van der Waals surface area contributed by atoms with Gasteiger partial charge in [0.15, 0.2) is 0 Å². The fraction of sp³-hybridized carbons (Fsp3) is 0.0303. The van der Waals surface area contributed by atoms with Crippen molar-refractivity contribution < 1.29 is 35.2 Å². The monoisotopic (exact) mass is 631 g/mol. The maximum Gasteiger partial charge on any atom is 0.526 e. The molecule has 6 nitrogen and oxygen atoms in total. The van der Waals surface area contributed by atoms with Crippen LogP contribution in [-0.4, -0.2) is 13.9 Å². The molecule has 1 aliphatic heterocycles. The molecule has 6 aromatic carbocycles. The maximum absolute atomic E-state index is 14.4. The van der Waals surface area contributed by atoms with Gasteiger partial charge in [0.05, 0.1) is 0 Å². The van der Waals surface area contributed by atoms with Crippen LogP contribution in [0.15, 0.2) is 121 Å². The predicted molar refractivity (Wildman–Crippen MR) is 165 cm³/mol. The Bertz CT molecular complexity index is 2110. The van der Waals surface area contributed by atoms with E-state index in [1.54, 1.807) is 48.5 Å². The van der Waals surface area contributed by atoms with Crippen LogP contribution in [0.2, 0.25) is 0 Å². The number of benzene rings is 6. The molecule has 11 heteroatoms. The number of hydrogen-bond acceptors (Lipinski definition) is 5. The molecule has 1 heterocycles. The van der Waals surface area contributed by atoms with E-state index in [2.05, 4.69) is 0 Å². The topological polar surface area (TPSA) is 81.7 Å². The molecule has 0 radical (unpaired) electrons. The molecule has 0 saturated heterocycles. The minimum Gasteiger partial charge on any atom is -0.403 e. The largest absolute Gasteiger partial charge is 0.526 e. The second-order valence-electron chi connectivity index (χ2n) is 10.2. The van der Waals surface area contributed by atoms with Crippen molar-refractivity contribution in [1.29, 1.82) is 0 Å². The second kappa shape index (κ2) is 10.2. The zero-order chi connectivity index (χ0) is 30.7. The van der Waals surface area contributed by atoms with Gasteiger partial charge in [-0.05, 0) is 45.2 Å². The normalized spacial score (nSPS) is 14.2. The number of halogens is 3. The van der Waals surface area contributed by atoms with E-state index in [4.69, 9.17) is 9.05 Å². The van der Waals surface area contributed by atoms with Crippen LogP contribution in [-0.2, 0) is 14.6 Å². The SMILES string of the molecule is O=P1(NS(=O)(=O)C(F)(F)F)Oc2c(c(-c3ccccc3)cc3ccccc23)-c2c(-c3ccccc3)cc3ccccc3c2O1. The Hall–Kier alpha value is -4.63. The lowest BCUT2D eigenvalue weighted by atomic mass is 9.84. The van der Waals surface area contributed by atoms with Crippen LogP contribution < -0.4 is 13.5 Å². The molecule has 0 saturated carbocycles. The van der Waals surface area contributed by atoms with Gasteiger partial charge in [-0.3, -0.25) is 0 Å². The highest BCUT2D eigenvalue weighted by Gasteiger charge is 2.53. The van der Waals surface area contributed by atoms with Gasteiger partial charge in [-0.15, -0.1) is 0 Å². The zero-order valence-electron chi connectivity index (χ0n) is 22.6. The predicted octanol–water partition coefficient (Wildman–Crippen LogP) is 9.31. The van der Waals surface area contributed by atoms with Crippen molar-refractivity contribution in [3.05, 3.63) is 121 Å². The van der Waals surface area contributed by atoms with Crippen molar-refractivity contribution in [1.82, 2.24) is 4.49 Å². The Morgan fingerprint density at radius 3 is 1.39 bits per heavy atom. The summed E-state index contributed by atoms with van der Waals surface area (Å²) in [7, 11) is -11.5. The van der Waals surface area contributed by atoms with E-state index in [-0.39, 0.29) is 11.5 Å². The summed E-state index contributed by atoms with van der Waals surface area (Å²) in [6.07, 6.45) is 0. The van der Waals surface area contributed by atoms with Crippen molar-refractivity contribution >= 4 is 39.3 Å². The van der Waals surface area contributed by atoms with E-state index < -0.39 is 23.3 Å². The van der Waals surface area contributed by atoms with Crippen molar-refractivity contribution in [2.75, 3.05) is 0 Å². The molecule has 0 bridgehead atoms. The minimum atomic E-state index is -6.17. The lowest BCUT2D eigenvalue weighted by molar-refractivity contribution is -0.0443. The first kappa shape index (κ1) is 28.2. The van der Waals surface area contributed by atoms with Crippen molar-refractivity contribution in [3.8, 4) is 44.9 Å². The molecule has 220 valence electrons. The fourth-order valence-electron chi connectivity index (χ4n) is 5.50. The van der Waals surface area contributed by atoms with Crippen molar-refractivity contribution in [2.45, 2.75) is 5.51 Å². The summed E-state index contributed by atoms with van der Waals surface area (Å²) in [6, 6.07) is 36.2. The maximum atomic E-state index is 14.4. The zero-order valence-corrected chi connectivity index (χ0v) is 24.3. The Morgan fingerprint density at radius 2 is 0.977 bits per heavy atom.